The summed E-state index contributed by atoms with van der Waals surface area (Å²) in [6, 6.07) is 0. The third-order valence-corrected chi connectivity index (χ3v) is 4.41. The van der Waals surface area contributed by atoms with E-state index in [-0.39, 0.29) is 0 Å². The van der Waals surface area contributed by atoms with Crippen LogP contribution in [0.25, 0.3) is 0 Å². The summed E-state index contributed by atoms with van der Waals surface area (Å²) in [6.07, 6.45) is 3.72. The van der Waals surface area contributed by atoms with Crippen molar-refractivity contribution in [3.8, 4) is 0 Å². The smallest absolute Gasteiger partial charge is 0.142 e. The Bertz CT molecular complexity index is 369. The molecule has 0 aromatic carbocycles. The molecule has 1 aromatic rings. The maximum atomic E-state index is 5.93. The minimum Gasteiger partial charge on any atom is -0.383 e. The van der Waals surface area contributed by atoms with Crippen molar-refractivity contribution in [1.82, 2.24) is 9.27 Å². The second kappa shape index (κ2) is 6.38. The van der Waals surface area contributed by atoms with E-state index < -0.39 is 0 Å². The zero-order valence-corrected chi connectivity index (χ0v) is 12.2. The van der Waals surface area contributed by atoms with Crippen LogP contribution in [0.2, 0.25) is 0 Å². The molecule has 1 saturated carbocycles. The highest BCUT2D eigenvalue weighted by Crippen LogP contribution is 2.47. The molecule has 0 bridgehead atoms. The van der Waals surface area contributed by atoms with Crippen molar-refractivity contribution in [2.45, 2.75) is 39.0 Å². The van der Waals surface area contributed by atoms with Crippen LogP contribution in [0.5, 0.6) is 0 Å². The van der Waals surface area contributed by atoms with E-state index in [0.29, 0.717) is 5.92 Å². The summed E-state index contributed by atoms with van der Waals surface area (Å²) in [5.41, 5.74) is 7.21. The normalized spacial score (nSPS) is 15.3. The van der Waals surface area contributed by atoms with Gasteiger partial charge in [-0.2, -0.15) is 4.37 Å². The fourth-order valence-corrected chi connectivity index (χ4v) is 3.07. The molecule has 0 unspecified atom stereocenters. The molecule has 1 aromatic heterocycles. The van der Waals surface area contributed by atoms with Crippen molar-refractivity contribution in [1.29, 1.82) is 0 Å². The van der Waals surface area contributed by atoms with Crippen LogP contribution in [-0.2, 0) is 0 Å². The molecule has 0 amide bonds. The van der Waals surface area contributed by atoms with Gasteiger partial charge in [0.05, 0.1) is 0 Å². The lowest BCUT2D eigenvalue weighted by atomic mass is 10.2. The molecule has 1 aliphatic carbocycles. The fraction of sp³-hybridized carbons (Fsp3) is 0.769. The van der Waals surface area contributed by atoms with Gasteiger partial charge in [-0.15, -0.1) is 0 Å². The Morgan fingerprint density at radius 3 is 2.72 bits per heavy atom. The Labute approximate surface area is 114 Å². The Morgan fingerprint density at radius 1 is 1.39 bits per heavy atom. The number of nitrogen functional groups attached to an aromatic ring is 1. The number of hydrogen-bond acceptors (Lipinski definition) is 5. The highest BCUT2D eigenvalue weighted by molar-refractivity contribution is 7.10. The standard InChI is InChI=1S/C13H24N4S/c1-3-17(4-2)9-5-8-15-13-11(10-6-7-10)12(14)16-18-13/h10,15H,3-9H2,1-2H3,(H2,14,16). The van der Waals surface area contributed by atoms with Crippen LogP contribution < -0.4 is 11.1 Å². The van der Waals surface area contributed by atoms with E-state index >= 15 is 0 Å². The van der Waals surface area contributed by atoms with Gasteiger partial charge in [0, 0.05) is 12.1 Å². The number of nitrogens with zero attached hydrogens (tertiary/aromatic N) is 2. The number of nitrogens with two attached hydrogens (primary N) is 1. The van der Waals surface area contributed by atoms with E-state index in [2.05, 4.69) is 28.4 Å². The van der Waals surface area contributed by atoms with Crippen molar-refractivity contribution in [2.75, 3.05) is 37.2 Å². The zero-order valence-electron chi connectivity index (χ0n) is 11.4. The van der Waals surface area contributed by atoms with Gasteiger partial charge >= 0.3 is 0 Å². The van der Waals surface area contributed by atoms with Gasteiger partial charge in [0.1, 0.15) is 10.8 Å². The second-order valence-corrected chi connectivity index (χ2v) is 5.67. The molecule has 5 heteroatoms. The molecular formula is C13H24N4S. The largest absolute Gasteiger partial charge is 0.383 e. The number of hydrogen-bond donors (Lipinski definition) is 2. The lowest BCUT2D eigenvalue weighted by Gasteiger charge is -2.17. The van der Waals surface area contributed by atoms with Crippen LogP contribution in [-0.4, -0.2) is 35.5 Å². The predicted molar refractivity (Wildman–Crippen MR) is 79.4 cm³/mol. The molecule has 1 aliphatic rings. The van der Waals surface area contributed by atoms with Gasteiger partial charge < -0.3 is 16.0 Å². The van der Waals surface area contributed by atoms with Gasteiger partial charge in [-0.25, -0.2) is 0 Å². The first kappa shape index (κ1) is 13.6. The number of anilines is 2. The third kappa shape index (κ3) is 3.36. The maximum absolute atomic E-state index is 5.93. The third-order valence-electron chi connectivity index (χ3n) is 3.57. The van der Waals surface area contributed by atoms with Crippen molar-refractivity contribution >= 4 is 22.4 Å². The average Bonchev–Trinajstić information content (AvgIpc) is 3.14. The summed E-state index contributed by atoms with van der Waals surface area (Å²) in [5.74, 6) is 1.42. The minimum absolute atomic E-state index is 0.675. The van der Waals surface area contributed by atoms with E-state index in [9.17, 15) is 0 Å². The van der Waals surface area contributed by atoms with Crippen molar-refractivity contribution in [2.24, 2.45) is 0 Å². The molecular weight excluding hydrogens is 244 g/mol. The van der Waals surface area contributed by atoms with E-state index in [1.54, 1.807) is 0 Å². The van der Waals surface area contributed by atoms with Crippen LogP contribution in [0.4, 0.5) is 10.8 Å². The number of aromatic nitrogens is 1. The van der Waals surface area contributed by atoms with Crippen molar-refractivity contribution in [3.63, 3.8) is 0 Å². The van der Waals surface area contributed by atoms with Gasteiger partial charge in [-0.3, -0.25) is 0 Å². The van der Waals surface area contributed by atoms with Gasteiger partial charge in [0.2, 0.25) is 0 Å². The Hall–Kier alpha value is -0.810. The molecule has 102 valence electrons. The van der Waals surface area contributed by atoms with Crippen LogP contribution in [0.1, 0.15) is 44.6 Å². The number of rotatable bonds is 8. The van der Waals surface area contributed by atoms with Crippen LogP contribution in [0, 0.1) is 0 Å². The van der Waals surface area contributed by atoms with Crippen LogP contribution in [0.3, 0.4) is 0 Å². The first-order valence-electron chi connectivity index (χ1n) is 6.97. The molecule has 0 radical (unpaired) electrons. The van der Waals surface area contributed by atoms with Crippen LogP contribution in [0.15, 0.2) is 0 Å². The summed E-state index contributed by atoms with van der Waals surface area (Å²) >= 11 is 1.52. The molecule has 3 N–H and O–H groups in total. The predicted octanol–water partition coefficient (Wildman–Crippen LogP) is 2.75. The number of nitrogens with one attached hydrogen (secondary N) is 1. The minimum atomic E-state index is 0.675. The first-order chi connectivity index (χ1) is 8.76. The highest BCUT2D eigenvalue weighted by atomic mass is 32.1. The van der Waals surface area contributed by atoms with E-state index in [4.69, 9.17) is 5.73 Å². The fourth-order valence-electron chi connectivity index (χ4n) is 2.25. The SMILES string of the molecule is CCN(CC)CCCNc1snc(N)c1C1CC1. The topological polar surface area (TPSA) is 54.2 Å². The summed E-state index contributed by atoms with van der Waals surface area (Å²) in [5, 5.41) is 4.71. The van der Waals surface area contributed by atoms with Gasteiger partial charge in [0.25, 0.3) is 0 Å². The lowest BCUT2D eigenvalue weighted by Crippen LogP contribution is -2.25. The van der Waals surface area contributed by atoms with Gasteiger partial charge in [0.15, 0.2) is 0 Å². The molecule has 1 heterocycles. The lowest BCUT2D eigenvalue weighted by molar-refractivity contribution is 0.303. The summed E-state index contributed by atoms with van der Waals surface area (Å²) in [4.78, 5) is 2.45. The van der Waals surface area contributed by atoms with Crippen molar-refractivity contribution in [3.05, 3.63) is 5.56 Å². The van der Waals surface area contributed by atoms with Gasteiger partial charge in [-0.1, -0.05) is 13.8 Å². The molecule has 18 heavy (non-hydrogen) atoms. The Balaban J connectivity index is 1.76. The quantitative estimate of drug-likeness (QED) is 0.712. The summed E-state index contributed by atoms with van der Waals surface area (Å²) in [7, 11) is 0. The Kier molecular flexibility index (Phi) is 4.83. The molecule has 1 fully saturated rings. The molecule has 0 aliphatic heterocycles. The molecule has 0 saturated heterocycles. The average molecular weight is 268 g/mol. The Morgan fingerprint density at radius 2 is 2.11 bits per heavy atom. The van der Waals surface area contributed by atoms with Crippen molar-refractivity contribution < 1.29 is 0 Å². The maximum Gasteiger partial charge on any atom is 0.142 e. The van der Waals surface area contributed by atoms with E-state index in [1.807, 2.05) is 0 Å². The highest BCUT2D eigenvalue weighted by Gasteiger charge is 2.30. The van der Waals surface area contributed by atoms with Crippen LogP contribution >= 0.6 is 11.5 Å². The first-order valence-corrected chi connectivity index (χ1v) is 7.74. The molecule has 0 spiro atoms. The summed E-state index contributed by atoms with van der Waals surface area (Å²) < 4.78 is 4.27. The monoisotopic (exact) mass is 268 g/mol. The van der Waals surface area contributed by atoms with E-state index in [0.717, 1.165) is 32.0 Å². The zero-order chi connectivity index (χ0) is 13.0. The summed E-state index contributed by atoms with van der Waals surface area (Å²) in [6.45, 7) is 8.87. The van der Waals surface area contributed by atoms with Gasteiger partial charge in [-0.05, 0) is 56.3 Å². The molecule has 4 nitrogen and oxygen atoms in total. The molecule has 0 atom stereocenters. The molecule has 2 rings (SSSR count). The second-order valence-electron chi connectivity index (χ2n) is 4.89. The van der Waals surface area contributed by atoms with E-state index in [1.165, 1.54) is 41.4 Å².